The molecule has 0 aliphatic heterocycles. The summed E-state index contributed by atoms with van der Waals surface area (Å²) in [5.41, 5.74) is 3.38. The van der Waals surface area contributed by atoms with Gasteiger partial charge in [-0.05, 0) is 29.4 Å². The molecule has 0 radical (unpaired) electrons. The lowest BCUT2D eigenvalue weighted by Gasteiger charge is -2.14. The van der Waals surface area contributed by atoms with Crippen LogP contribution < -0.4 is 0 Å². The summed E-state index contributed by atoms with van der Waals surface area (Å²) in [5.74, 6) is 0. The third-order valence-electron chi connectivity index (χ3n) is 2.17. The van der Waals surface area contributed by atoms with Gasteiger partial charge in [-0.25, -0.2) is 9.47 Å². The second kappa shape index (κ2) is 5.55. The Morgan fingerprint density at radius 3 is 2.76 bits per heavy atom. The Balaban J connectivity index is 2.19. The number of fused-ring (bicyclic) bond motifs is 1. The molecule has 0 aliphatic rings. The predicted octanol–water partition coefficient (Wildman–Crippen LogP) is 2.69. The molecule has 4 nitrogen and oxygen atoms in total. The molecule has 0 amide bonds. The van der Waals surface area contributed by atoms with Gasteiger partial charge in [0.2, 0.25) is 0 Å². The van der Waals surface area contributed by atoms with Crippen LogP contribution in [0.1, 0.15) is 0 Å². The lowest BCUT2D eigenvalue weighted by molar-refractivity contribution is 0.459. The van der Waals surface area contributed by atoms with Gasteiger partial charge in [0.1, 0.15) is 0 Å². The van der Waals surface area contributed by atoms with Crippen LogP contribution in [-0.2, 0) is 15.4 Å². The number of benzene rings is 2. The fourth-order valence-electron chi connectivity index (χ4n) is 1.42. The first-order chi connectivity index (χ1) is 8.31. The molecule has 2 aromatic carbocycles. The standard InChI is InChI=1S/C12H9N2O2S/c13-7-8-14-16-17(15)12-6-5-10-3-1-2-4-11(10)9-12/h1-6,9H,8H2/q-1. The van der Waals surface area contributed by atoms with Crippen LogP contribution in [0.25, 0.3) is 16.3 Å². The van der Waals surface area contributed by atoms with E-state index in [4.69, 9.17) is 9.55 Å². The number of nitrogens with zero attached hydrogens (tertiary/aromatic N) is 2. The van der Waals surface area contributed by atoms with Crippen molar-refractivity contribution in [3.05, 3.63) is 47.9 Å². The van der Waals surface area contributed by atoms with Crippen LogP contribution in [0.5, 0.6) is 0 Å². The van der Waals surface area contributed by atoms with Crippen LogP contribution in [-0.4, -0.2) is 10.8 Å². The Bertz CT molecular complexity index is 592. The normalized spacial score (nSPS) is 12.2. The zero-order valence-corrected chi connectivity index (χ0v) is 9.68. The van der Waals surface area contributed by atoms with Crippen LogP contribution in [0.4, 0.5) is 0 Å². The van der Waals surface area contributed by atoms with Crippen molar-refractivity contribution >= 4 is 21.9 Å². The highest BCUT2D eigenvalue weighted by molar-refractivity contribution is 7.80. The minimum Gasteiger partial charge on any atom is -0.506 e. The lowest BCUT2D eigenvalue weighted by Crippen LogP contribution is -1.95. The summed E-state index contributed by atoms with van der Waals surface area (Å²) in [6.45, 7) is -0.126. The van der Waals surface area contributed by atoms with Crippen molar-refractivity contribution in [2.24, 2.45) is 0 Å². The molecule has 0 aromatic heterocycles. The van der Waals surface area contributed by atoms with Crippen molar-refractivity contribution in [1.29, 1.82) is 5.26 Å². The molecule has 17 heavy (non-hydrogen) atoms. The van der Waals surface area contributed by atoms with E-state index in [0.29, 0.717) is 4.90 Å². The molecular formula is C12H9N2O2S-. The Labute approximate surface area is 101 Å². The summed E-state index contributed by atoms with van der Waals surface area (Å²) >= 11 is -1.66. The van der Waals surface area contributed by atoms with E-state index in [0.717, 1.165) is 10.8 Å². The van der Waals surface area contributed by atoms with E-state index in [1.54, 1.807) is 18.2 Å². The fourth-order valence-corrected chi connectivity index (χ4v) is 2.05. The fraction of sp³-hybridized carbons (Fsp3) is 0.0833. The van der Waals surface area contributed by atoms with Crippen LogP contribution in [0.2, 0.25) is 0 Å². The van der Waals surface area contributed by atoms with E-state index in [2.05, 4.69) is 5.48 Å². The van der Waals surface area contributed by atoms with E-state index in [9.17, 15) is 4.21 Å². The average molecular weight is 245 g/mol. The molecular weight excluding hydrogens is 236 g/mol. The minimum atomic E-state index is -1.66. The van der Waals surface area contributed by atoms with Gasteiger partial charge in [0.05, 0.1) is 4.90 Å². The van der Waals surface area contributed by atoms with Crippen LogP contribution >= 0.6 is 0 Å². The zero-order valence-electron chi connectivity index (χ0n) is 8.87. The maximum Gasteiger partial charge on any atom is 0.172 e. The zero-order chi connectivity index (χ0) is 12.1. The van der Waals surface area contributed by atoms with Crippen molar-refractivity contribution in [3.63, 3.8) is 0 Å². The van der Waals surface area contributed by atoms with Crippen LogP contribution in [0.15, 0.2) is 47.4 Å². The van der Waals surface area contributed by atoms with Gasteiger partial charge in [-0.2, -0.15) is 0 Å². The molecule has 0 bridgehead atoms. The van der Waals surface area contributed by atoms with Gasteiger partial charge in [0.25, 0.3) is 0 Å². The highest BCUT2D eigenvalue weighted by Crippen LogP contribution is 2.18. The van der Waals surface area contributed by atoms with E-state index in [1.807, 2.05) is 30.3 Å². The van der Waals surface area contributed by atoms with Crippen LogP contribution in [0, 0.1) is 11.3 Å². The maximum atomic E-state index is 11.6. The summed E-state index contributed by atoms with van der Waals surface area (Å²) < 4.78 is 16.3. The number of hydrogen-bond acceptors (Lipinski definition) is 3. The molecule has 1 atom stereocenters. The van der Waals surface area contributed by atoms with Gasteiger partial charge in [-0.15, -0.1) is 0 Å². The number of nitriles is 1. The van der Waals surface area contributed by atoms with Crippen molar-refractivity contribution in [3.8, 4) is 6.07 Å². The van der Waals surface area contributed by atoms with Crippen molar-refractivity contribution in [1.82, 2.24) is 0 Å². The largest absolute Gasteiger partial charge is 0.506 e. The second-order valence-electron chi connectivity index (χ2n) is 3.26. The van der Waals surface area contributed by atoms with Crippen molar-refractivity contribution < 1.29 is 8.49 Å². The summed E-state index contributed by atoms with van der Waals surface area (Å²) in [7, 11) is 0. The molecule has 1 unspecified atom stereocenters. The first-order valence-electron chi connectivity index (χ1n) is 4.93. The topological polar surface area (TPSA) is 64.2 Å². The summed E-state index contributed by atoms with van der Waals surface area (Å²) in [6.07, 6.45) is 0. The smallest absolute Gasteiger partial charge is 0.172 e. The average Bonchev–Trinajstić information content (AvgIpc) is 2.38. The minimum absolute atomic E-state index is 0.126. The number of hydroxylamine groups is 1. The number of rotatable bonds is 4. The maximum absolute atomic E-state index is 11.6. The van der Waals surface area contributed by atoms with E-state index >= 15 is 0 Å². The number of hydrogen-bond donors (Lipinski definition) is 0. The highest BCUT2D eigenvalue weighted by Gasteiger charge is 2.01. The molecule has 5 heteroatoms. The first kappa shape index (κ1) is 11.7. The van der Waals surface area contributed by atoms with Crippen molar-refractivity contribution in [2.75, 3.05) is 6.54 Å². The van der Waals surface area contributed by atoms with Crippen molar-refractivity contribution in [2.45, 2.75) is 4.90 Å². The Morgan fingerprint density at radius 2 is 2.00 bits per heavy atom. The Kier molecular flexibility index (Phi) is 3.83. The summed E-state index contributed by atoms with van der Waals surface area (Å²) in [6, 6.07) is 14.9. The SMILES string of the molecule is N#CC[N-]OS(=O)c1ccc2ccccc2c1. The van der Waals surface area contributed by atoms with Crippen LogP contribution in [0.3, 0.4) is 0 Å². The molecule has 2 rings (SSSR count). The third-order valence-corrected chi connectivity index (χ3v) is 3.05. The first-order valence-corrected chi connectivity index (χ1v) is 6.00. The predicted molar refractivity (Wildman–Crippen MR) is 65.3 cm³/mol. The molecule has 0 saturated heterocycles. The summed E-state index contributed by atoms with van der Waals surface area (Å²) in [5, 5.41) is 10.3. The molecule has 86 valence electrons. The van der Waals surface area contributed by atoms with Gasteiger partial charge in [0.15, 0.2) is 11.1 Å². The van der Waals surface area contributed by atoms with Gasteiger partial charge in [-0.3, -0.25) is 0 Å². The second-order valence-corrected chi connectivity index (χ2v) is 4.35. The molecule has 0 saturated carbocycles. The molecule has 0 fully saturated rings. The Morgan fingerprint density at radius 1 is 1.24 bits per heavy atom. The molecule has 0 spiro atoms. The van der Waals surface area contributed by atoms with Gasteiger partial charge in [0, 0.05) is 6.07 Å². The third kappa shape index (κ3) is 2.88. The van der Waals surface area contributed by atoms with E-state index < -0.39 is 11.1 Å². The molecule has 2 aromatic rings. The van der Waals surface area contributed by atoms with Gasteiger partial charge < -0.3 is 9.76 Å². The summed E-state index contributed by atoms with van der Waals surface area (Å²) in [4.78, 5) is 0.533. The molecule has 0 heterocycles. The quantitative estimate of drug-likeness (QED) is 0.472. The highest BCUT2D eigenvalue weighted by atomic mass is 32.2. The van der Waals surface area contributed by atoms with E-state index in [1.165, 1.54) is 0 Å². The Hall–Kier alpha value is -1.74. The monoisotopic (exact) mass is 245 g/mol. The molecule has 0 aliphatic carbocycles. The van der Waals surface area contributed by atoms with Gasteiger partial charge >= 0.3 is 0 Å². The molecule has 0 N–H and O–H groups in total. The lowest BCUT2D eigenvalue weighted by atomic mass is 10.1. The van der Waals surface area contributed by atoms with Gasteiger partial charge in [-0.1, -0.05) is 30.3 Å². The van der Waals surface area contributed by atoms with E-state index in [-0.39, 0.29) is 6.54 Å².